The first kappa shape index (κ1) is 38.7. The molecule has 0 heteroatoms. The molecule has 0 heterocycles. The second-order valence-electron chi connectivity index (χ2n) is 20.0. The van der Waals surface area contributed by atoms with Crippen molar-refractivity contribution in [3.63, 3.8) is 0 Å². The summed E-state index contributed by atoms with van der Waals surface area (Å²) in [6.45, 7) is 28.3. The Kier molecular flexibility index (Phi) is 9.07. The molecule has 0 amide bonds. The quantitative estimate of drug-likeness (QED) is 0.135. The average Bonchev–Trinajstić information content (AvgIpc) is 3.73. The summed E-state index contributed by atoms with van der Waals surface area (Å²) in [5.41, 5.74) is 14.3. The minimum absolute atomic E-state index is 0.401. The molecule has 0 aliphatic heterocycles. The van der Waals surface area contributed by atoms with Crippen molar-refractivity contribution in [1.29, 1.82) is 0 Å². The summed E-state index contributed by atoms with van der Waals surface area (Å²) in [4.78, 5) is 0. The van der Waals surface area contributed by atoms with Gasteiger partial charge in [-0.15, -0.1) is 0 Å². The third-order valence-electron chi connectivity index (χ3n) is 14.1. The van der Waals surface area contributed by atoms with E-state index in [0.717, 1.165) is 0 Å². The molecule has 0 aromatic heterocycles. The van der Waals surface area contributed by atoms with Gasteiger partial charge in [0.25, 0.3) is 0 Å². The average molecular weight is 781 g/mol. The van der Waals surface area contributed by atoms with E-state index in [-0.39, 0.29) is 0 Å². The molecule has 0 spiro atoms. The van der Waals surface area contributed by atoms with E-state index < -0.39 is 0 Å². The molecule has 0 aliphatic carbocycles. The minimum Gasteiger partial charge on any atom is -0.0616 e. The lowest BCUT2D eigenvalue weighted by Gasteiger charge is -2.24. The molecular weight excluding hydrogens is 721 g/mol. The lowest BCUT2D eigenvalue weighted by atomic mass is 9.80. The van der Waals surface area contributed by atoms with Crippen molar-refractivity contribution in [3.8, 4) is 22.3 Å². The summed E-state index contributed by atoms with van der Waals surface area (Å²) in [6, 6.07) is 43.6. The Bertz CT molecular complexity index is 3250. The van der Waals surface area contributed by atoms with Crippen LogP contribution in [0.4, 0.5) is 0 Å². The van der Waals surface area contributed by atoms with Crippen LogP contribution >= 0.6 is 0 Å². The van der Waals surface area contributed by atoms with E-state index >= 15 is 0 Å². The molecule has 10 aromatic carbocycles. The molecule has 0 unspecified atom stereocenters. The number of hydrogen-bond donors (Lipinski definition) is 0. The molecule has 0 bridgehead atoms. The molecule has 10 rings (SSSR count). The van der Waals surface area contributed by atoms with Gasteiger partial charge in [-0.1, -0.05) is 168 Å². The molecule has 0 saturated heterocycles. The zero-order chi connectivity index (χ0) is 42.0. The first-order valence-electron chi connectivity index (χ1n) is 22.8. The fourth-order valence-corrected chi connectivity index (χ4v) is 11.0. The maximum absolute atomic E-state index is 2.58. The summed E-state index contributed by atoms with van der Waals surface area (Å²) in [5.74, 6) is 2.56. The number of hydrogen-bond acceptors (Lipinski definition) is 0. The summed E-state index contributed by atoms with van der Waals surface area (Å²) >= 11 is 0. The van der Waals surface area contributed by atoms with Gasteiger partial charge < -0.3 is 0 Å². The molecule has 0 atom stereocenters. The highest BCUT2D eigenvalue weighted by molar-refractivity contribution is 6.42. The minimum atomic E-state index is 0.401. The SMILES string of the molecule is CC(C)c1cc(C(C)C)c(-c2cc3c4ccccc4c4cc5c(cc6c7ccccc7c7c(-c8c(C(C)C)cc(C(C)C)cc8C(C)C)ccc5c67)c(c2)c34)c(C(C)C)c1. The smallest absolute Gasteiger partial charge is 0.00137 e. The van der Waals surface area contributed by atoms with Crippen molar-refractivity contribution in [2.75, 3.05) is 0 Å². The van der Waals surface area contributed by atoms with Gasteiger partial charge in [-0.05, 0) is 191 Å². The zero-order valence-corrected chi connectivity index (χ0v) is 37.9. The van der Waals surface area contributed by atoms with Crippen LogP contribution in [0, 0.1) is 0 Å². The van der Waals surface area contributed by atoms with Crippen LogP contribution in [0.3, 0.4) is 0 Å². The van der Waals surface area contributed by atoms with E-state index in [1.54, 1.807) is 0 Å². The van der Waals surface area contributed by atoms with Crippen LogP contribution in [0.1, 0.15) is 152 Å². The molecule has 0 nitrogen and oxygen atoms in total. The Hall–Kier alpha value is -5.46. The Morgan fingerprint density at radius 1 is 0.267 bits per heavy atom. The van der Waals surface area contributed by atoms with Crippen LogP contribution in [0.25, 0.3) is 97.7 Å². The Balaban J connectivity index is 1.38. The highest BCUT2D eigenvalue weighted by Gasteiger charge is 2.26. The van der Waals surface area contributed by atoms with Crippen molar-refractivity contribution < 1.29 is 0 Å². The Morgan fingerprint density at radius 3 is 1.10 bits per heavy atom. The normalized spacial score (nSPS) is 12.9. The van der Waals surface area contributed by atoms with Gasteiger partial charge in [-0.2, -0.15) is 0 Å². The largest absolute Gasteiger partial charge is 0.0616 e. The van der Waals surface area contributed by atoms with Gasteiger partial charge >= 0.3 is 0 Å². The van der Waals surface area contributed by atoms with Crippen LogP contribution in [0.15, 0.2) is 109 Å². The second-order valence-corrected chi connectivity index (χ2v) is 20.0. The second kappa shape index (κ2) is 14.1. The number of rotatable bonds is 8. The van der Waals surface area contributed by atoms with Crippen molar-refractivity contribution in [2.45, 2.75) is 119 Å². The highest BCUT2D eigenvalue weighted by atomic mass is 14.3. The predicted molar refractivity (Wildman–Crippen MR) is 267 cm³/mol. The molecule has 10 aromatic rings. The van der Waals surface area contributed by atoms with Crippen molar-refractivity contribution in [1.82, 2.24) is 0 Å². The Labute approximate surface area is 357 Å². The summed E-state index contributed by atoms with van der Waals surface area (Å²) < 4.78 is 0. The van der Waals surface area contributed by atoms with Gasteiger partial charge in [0.2, 0.25) is 0 Å². The zero-order valence-electron chi connectivity index (χ0n) is 37.9. The Morgan fingerprint density at radius 2 is 0.633 bits per heavy atom. The van der Waals surface area contributed by atoms with E-state index in [2.05, 4.69) is 192 Å². The van der Waals surface area contributed by atoms with Gasteiger partial charge in [0.05, 0.1) is 0 Å². The van der Waals surface area contributed by atoms with E-state index in [1.165, 1.54) is 131 Å². The third-order valence-corrected chi connectivity index (χ3v) is 14.1. The lowest BCUT2D eigenvalue weighted by molar-refractivity contribution is 0.807. The molecule has 60 heavy (non-hydrogen) atoms. The van der Waals surface area contributed by atoms with Gasteiger partial charge in [-0.25, -0.2) is 0 Å². The van der Waals surface area contributed by atoms with Crippen molar-refractivity contribution >= 4 is 75.4 Å². The van der Waals surface area contributed by atoms with Gasteiger partial charge in [-0.3, -0.25) is 0 Å². The molecule has 0 saturated carbocycles. The standard InChI is InChI=1S/C60H60/c1-31(2)37-23-46(33(5)6)56(47(24-37)34(7)8)39-27-52-40-17-13-14-18-41(40)54-29-50-44-21-22-45(57-48(35(9)10)25-38(32(3)4)26-49(57)36(11)12)59-43-20-16-15-19-42(43)55(60(44)59)30-51(50)53(28-39)58(52)54/h13-36H,1-12H3. The van der Waals surface area contributed by atoms with E-state index in [0.29, 0.717) is 35.5 Å². The summed E-state index contributed by atoms with van der Waals surface area (Å²) in [5, 5.41) is 19.1. The topological polar surface area (TPSA) is 0 Å². The first-order valence-corrected chi connectivity index (χ1v) is 22.8. The van der Waals surface area contributed by atoms with Gasteiger partial charge in [0.1, 0.15) is 0 Å². The predicted octanol–water partition coefficient (Wildman–Crippen LogP) is 18.7. The highest BCUT2D eigenvalue weighted by Crippen LogP contribution is 2.52. The van der Waals surface area contributed by atoms with Crippen molar-refractivity contribution in [3.05, 3.63) is 143 Å². The fourth-order valence-electron chi connectivity index (χ4n) is 11.0. The van der Waals surface area contributed by atoms with E-state index in [1.807, 2.05) is 0 Å². The van der Waals surface area contributed by atoms with Crippen LogP contribution in [0.5, 0.6) is 0 Å². The van der Waals surface area contributed by atoms with Crippen LogP contribution in [0.2, 0.25) is 0 Å². The summed E-state index contributed by atoms with van der Waals surface area (Å²) in [7, 11) is 0. The van der Waals surface area contributed by atoms with Crippen LogP contribution < -0.4 is 0 Å². The fraction of sp³-hybridized carbons (Fsp3) is 0.300. The van der Waals surface area contributed by atoms with Gasteiger partial charge in [0, 0.05) is 0 Å². The van der Waals surface area contributed by atoms with Crippen molar-refractivity contribution in [2.24, 2.45) is 0 Å². The van der Waals surface area contributed by atoms with Crippen LogP contribution in [-0.4, -0.2) is 0 Å². The van der Waals surface area contributed by atoms with E-state index in [4.69, 9.17) is 0 Å². The molecule has 0 N–H and O–H groups in total. The summed E-state index contributed by atoms with van der Waals surface area (Å²) in [6.07, 6.45) is 0. The molecule has 0 fully saturated rings. The molecule has 0 aliphatic rings. The number of benzene rings is 8. The maximum atomic E-state index is 2.58. The monoisotopic (exact) mass is 780 g/mol. The lowest BCUT2D eigenvalue weighted by Crippen LogP contribution is -2.04. The molecule has 0 radical (unpaired) electrons. The maximum Gasteiger partial charge on any atom is -0.00137 e. The van der Waals surface area contributed by atoms with Crippen LogP contribution in [-0.2, 0) is 0 Å². The van der Waals surface area contributed by atoms with E-state index in [9.17, 15) is 0 Å². The molecule has 300 valence electrons. The van der Waals surface area contributed by atoms with Gasteiger partial charge in [0.15, 0.2) is 0 Å². The third kappa shape index (κ3) is 5.62. The molecular formula is C60H60. The number of fused-ring (bicyclic) bond motifs is 9. The first-order chi connectivity index (χ1) is 28.7.